The fraction of sp³-hybridized carbons (Fsp3) is 0.385. The van der Waals surface area contributed by atoms with Crippen molar-refractivity contribution in [3.05, 3.63) is 54.3 Å². The smallest absolute Gasteiger partial charge is 0.246 e. The van der Waals surface area contributed by atoms with Crippen LogP contribution in [0, 0.1) is 0 Å². The van der Waals surface area contributed by atoms with E-state index in [0.717, 1.165) is 41.8 Å². The van der Waals surface area contributed by atoms with Crippen LogP contribution in [0.15, 0.2) is 53.1 Å². The number of methoxy groups -OCH3 is 1. The number of benzene rings is 2. The van der Waals surface area contributed by atoms with Crippen molar-refractivity contribution in [2.24, 2.45) is 0 Å². The summed E-state index contributed by atoms with van der Waals surface area (Å²) in [5, 5.41) is 6.75. The third-order valence-electron chi connectivity index (χ3n) is 6.03. The highest BCUT2D eigenvalue weighted by atomic mass is 16.5. The number of ether oxygens (including phenoxy) is 1. The van der Waals surface area contributed by atoms with Gasteiger partial charge >= 0.3 is 0 Å². The van der Waals surface area contributed by atoms with Crippen molar-refractivity contribution in [2.45, 2.75) is 45.1 Å². The van der Waals surface area contributed by atoms with Crippen LogP contribution in [0.2, 0.25) is 0 Å². The standard InChI is InChI=1S/C26H31N3O4/c1-3-7-23(26(31)27-19-8-6-9-20(15-19)29-12-4-5-13-29)28-25(30)14-18-17-33-24-16-21(32-2)10-11-22(18)24/h6,8-11,15-17,23H,3-5,7,12-14H2,1-2H3,(H,27,31)(H,28,30). The maximum absolute atomic E-state index is 13.0. The minimum Gasteiger partial charge on any atom is -0.497 e. The number of nitrogens with zero attached hydrogens (tertiary/aromatic N) is 1. The fourth-order valence-corrected chi connectivity index (χ4v) is 4.29. The van der Waals surface area contributed by atoms with Gasteiger partial charge in [-0.3, -0.25) is 9.59 Å². The Hall–Kier alpha value is -3.48. The van der Waals surface area contributed by atoms with Gasteiger partial charge in [-0.2, -0.15) is 0 Å². The summed E-state index contributed by atoms with van der Waals surface area (Å²) in [4.78, 5) is 28.1. The maximum atomic E-state index is 13.0. The quantitative estimate of drug-likeness (QED) is 0.502. The molecule has 1 aliphatic heterocycles. The van der Waals surface area contributed by atoms with Gasteiger partial charge in [0.1, 0.15) is 17.4 Å². The minimum atomic E-state index is -0.601. The molecule has 7 nitrogen and oxygen atoms in total. The van der Waals surface area contributed by atoms with E-state index in [2.05, 4.69) is 21.6 Å². The Bertz CT molecular complexity index is 1120. The lowest BCUT2D eigenvalue weighted by atomic mass is 10.1. The number of furan rings is 1. The van der Waals surface area contributed by atoms with Crippen LogP contribution in [0.3, 0.4) is 0 Å². The number of rotatable bonds is 9. The first-order valence-electron chi connectivity index (χ1n) is 11.6. The van der Waals surface area contributed by atoms with Gasteiger partial charge < -0.3 is 24.7 Å². The molecule has 1 aliphatic rings. The summed E-state index contributed by atoms with van der Waals surface area (Å²) in [5.41, 5.74) is 3.30. The Morgan fingerprint density at radius 2 is 1.97 bits per heavy atom. The zero-order valence-corrected chi connectivity index (χ0v) is 19.2. The van der Waals surface area contributed by atoms with Crippen molar-refractivity contribution in [2.75, 3.05) is 30.4 Å². The second-order valence-electron chi connectivity index (χ2n) is 8.44. The molecule has 1 unspecified atom stereocenters. The van der Waals surface area contributed by atoms with Crippen molar-refractivity contribution in [3.63, 3.8) is 0 Å². The van der Waals surface area contributed by atoms with E-state index < -0.39 is 6.04 Å². The van der Waals surface area contributed by atoms with E-state index in [1.54, 1.807) is 19.4 Å². The van der Waals surface area contributed by atoms with Crippen molar-refractivity contribution in [3.8, 4) is 5.75 Å². The first kappa shape index (κ1) is 22.7. The molecule has 4 rings (SSSR count). The number of carbonyl (C=O) groups is 2. The van der Waals surface area contributed by atoms with Crippen molar-refractivity contribution < 1.29 is 18.7 Å². The lowest BCUT2D eigenvalue weighted by molar-refractivity contribution is -0.126. The average Bonchev–Trinajstić information content (AvgIpc) is 3.49. The van der Waals surface area contributed by atoms with E-state index in [0.29, 0.717) is 17.8 Å². The Balaban J connectivity index is 1.40. The Labute approximate surface area is 194 Å². The summed E-state index contributed by atoms with van der Waals surface area (Å²) in [6.07, 6.45) is 5.45. The summed E-state index contributed by atoms with van der Waals surface area (Å²) < 4.78 is 10.8. The Morgan fingerprint density at radius 1 is 1.15 bits per heavy atom. The third-order valence-corrected chi connectivity index (χ3v) is 6.03. The lowest BCUT2D eigenvalue weighted by Crippen LogP contribution is -2.44. The molecule has 174 valence electrons. The van der Waals surface area contributed by atoms with Crippen LogP contribution in [0.5, 0.6) is 5.75 Å². The Kier molecular flexibility index (Phi) is 7.17. The van der Waals surface area contributed by atoms with Gasteiger partial charge in [-0.25, -0.2) is 0 Å². The molecule has 1 saturated heterocycles. The summed E-state index contributed by atoms with van der Waals surface area (Å²) in [6, 6.07) is 12.8. The molecule has 0 bridgehead atoms. The molecule has 2 heterocycles. The topological polar surface area (TPSA) is 83.8 Å². The van der Waals surface area contributed by atoms with Crippen molar-refractivity contribution in [1.82, 2.24) is 5.32 Å². The van der Waals surface area contributed by atoms with Gasteiger partial charge in [-0.05, 0) is 49.6 Å². The van der Waals surface area contributed by atoms with Gasteiger partial charge in [0.05, 0.1) is 19.8 Å². The zero-order chi connectivity index (χ0) is 23.2. The number of carbonyl (C=O) groups excluding carboxylic acids is 2. The molecule has 1 fully saturated rings. The molecule has 0 saturated carbocycles. The van der Waals surface area contributed by atoms with E-state index >= 15 is 0 Å². The third kappa shape index (κ3) is 5.48. The molecule has 3 aromatic rings. The predicted octanol–water partition coefficient (Wildman–Crippen LogP) is 4.51. The van der Waals surface area contributed by atoms with Gasteiger partial charge in [0.25, 0.3) is 0 Å². The highest BCUT2D eigenvalue weighted by molar-refractivity contribution is 5.98. The SMILES string of the molecule is CCCC(NC(=O)Cc1coc2cc(OC)ccc12)C(=O)Nc1cccc(N2CCCC2)c1. The second-order valence-corrected chi connectivity index (χ2v) is 8.44. The van der Waals surface area contributed by atoms with E-state index in [-0.39, 0.29) is 18.2 Å². The van der Waals surface area contributed by atoms with Crippen LogP contribution in [-0.2, 0) is 16.0 Å². The van der Waals surface area contributed by atoms with Gasteiger partial charge in [-0.15, -0.1) is 0 Å². The molecule has 1 atom stereocenters. The van der Waals surface area contributed by atoms with Crippen LogP contribution < -0.4 is 20.3 Å². The zero-order valence-electron chi connectivity index (χ0n) is 19.2. The predicted molar refractivity (Wildman–Crippen MR) is 130 cm³/mol. The fourth-order valence-electron chi connectivity index (χ4n) is 4.29. The molecule has 2 amide bonds. The molecule has 2 N–H and O–H groups in total. The largest absolute Gasteiger partial charge is 0.497 e. The normalized spacial score (nSPS) is 14.3. The van der Waals surface area contributed by atoms with Crippen molar-refractivity contribution in [1.29, 1.82) is 0 Å². The van der Waals surface area contributed by atoms with Crippen LogP contribution in [0.4, 0.5) is 11.4 Å². The molecular formula is C26H31N3O4. The van der Waals surface area contributed by atoms with Gasteiger partial charge in [-0.1, -0.05) is 19.4 Å². The monoisotopic (exact) mass is 449 g/mol. The highest BCUT2D eigenvalue weighted by Crippen LogP contribution is 2.26. The van der Waals surface area contributed by atoms with Crippen LogP contribution in [0.25, 0.3) is 11.0 Å². The molecule has 0 radical (unpaired) electrons. The summed E-state index contributed by atoms with van der Waals surface area (Å²) in [6.45, 7) is 4.08. The minimum absolute atomic E-state index is 0.136. The summed E-state index contributed by atoms with van der Waals surface area (Å²) in [7, 11) is 1.60. The van der Waals surface area contributed by atoms with Gasteiger partial charge in [0, 0.05) is 41.5 Å². The molecular weight excluding hydrogens is 418 g/mol. The molecule has 2 aromatic carbocycles. The lowest BCUT2D eigenvalue weighted by Gasteiger charge is -2.20. The Morgan fingerprint density at radius 3 is 2.73 bits per heavy atom. The summed E-state index contributed by atoms with van der Waals surface area (Å²) >= 11 is 0. The molecule has 0 aliphatic carbocycles. The number of amides is 2. The average molecular weight is 450 g/mol. The van der Waals surface area contributed by atoms with Gasteiger partial charge in [0.2, 0.25) is 11.8 Å². The number of fused-ring (bicyclic) bond motifs is 1. The van der Waals surface area contributed by atoms with E-state index in [4.69, 9.17) is 9.15 Å². The molecule has 7 heteroatoms. The van der Waals surface area contributed by atoms with Gasteiger partial charge in [0.15, 0.2) is 0 Å². The molecule has 0 spiro atoms. The number of hydrogen-bond donors (Lipinski definition) is 2. The molecule has 1 aromatic heterocycles. The number of anilines is 2. The summed E-state index contributed by atoms with van der Waals surface area (Å²) in [5.74, 6) is 0.278. The van der Waals surface area contributed by atoms with E-state index in [1.807, 2.05) is 37.3 Å². The maximum Gasteiger partial charge on any atom is 0.246 e. The number of nitrogens with one attached hydrogen (secondary N) is 2. The van der Waals surface area contributed by atoms with Crippen molar-refractivity contribution >= 4 is 34.2 Å². The first-order chi connectivity index (χ1) is 16.1. The second kappa shape index (κ2) is 10.4. The first-order valence-corrected chi connectivity index (χ1v) is 11.6. The van der Waals surface area contributed by atoms with Crippen LogP contribution >= 0.6 is 0 Å². The van der Waals surface area contributed by atoms with E-state index in [9.17, 15) is 9.59 Å². The van der Waals surface area contributed by atoms with Crippen LogP contribution in [0.1, 0.15) is 38.2 Å². The molecule has 33 heavy (non-hydrogen) atoms. The number of hydrogen-bond acceptors (Lipinski definition) is 5. The van der Waals surface area contributed by atoms with Crippen LogP contribution in [-0.4, -0.2) is 38.1 Å². The highest BCUT2D eigenvalue weighted by Gasteiger charge is 2.22. The van der Waals surface area contributed by atoms with E-state index in [1.165, 1.54) is 12.8 Å².